The summed E-state index contributed by atoms with van der Waals surface area (Å²) in [6.07, 6.45) is -0.233. The molecule has 40 heavy (non-hydrogen) atoms. The van der Waals surface area contributed by atoms with Crippen LogP contribution in [0.5, 0.6) is 34.5 Å². The number of hydrogen-bond acceptors (Lipinski definition) is 11. The number of benzene rings is 4. The predicted octanol–water partition coefficient (Wildman–Crippen LogP) is 3.25. The zero-order chi connectivity index (χ0) is 28.8. The zero-order valence-electron chi connectivity index (χ0n) is 21.1. The summed E-state index contributed by atoms with van der Waals surface area (Å²) in [7, 11) is 0. The predicted molar refractivity (Wildman–Crippen MR) is 142 cm³/mol. The first-order chi connectivity index (χ1) is 18.8. The van der Waals surface area contributed by atoms with Crippen molar-refractivity contribution in [1.29, 1.82) is 0 Å². The van der Waals surface area contributed by atoms with E-state index in [1.807, 2.05) is 0 Å². The van der Waals surface area contributed by atoms with Crippen LogP contribution >= 0.6 is 0 Å². The topological polar surface area (TPSA) is 208 Å². The molecule has 9 N–H and O–H groups in total. The van der Waals surface area contributed by atoms with Crippen molar-refractivity contribution in [3.05, 3.63) is 46.5 Å². The number of carbonyl (C=O) groups is 2. The minimum atomic E-state index is -1.37. The van der Waals surface area contributed by atoms with Crippen LogP contribution in [-0.4, -0.2) is 64.2 Å². The molecule has 0 heterocycles. The maximum absolute atomic E-state index is 13.0. The first kappa shape index (κ1) is 25.7. The van der Waals surface area contributed by atoms with Crippen molar-refractivity contribution in [2.24, 2.45) is 0 Å². The van der Waals surface area contributed by atoms with Gasteiger partial charge in [-0.3, -0.25) is 9.59 Å². The number of aliphatic hydroxyl groups is 1. The van der Waals surface area contributed by atoms with Gasteiger partial charge in [0.2, 0.25) is 0 Å². The number of hydrogen-bond donors (Lipinski definition) is 9. The summed E-state index contributed by atoms with van der Waals surface area (Å²) in [6.45, 7) is 1.48. The van der Waals surface area contributed by atoms with Gasteiger partial charge >= 0.3 is 0 Å². The lowest BCUT2D eigenvalue weighted by Gasteiger charge is -2.30. The number of phenols is 6. The third kappa shape index (κ3) is 3.55. The molecule has 0 saturated carbocycles. The lowest BCUT2D eigenvalue weighted by atomic mass is 9.78. The fourth-order valence-electron chi connectivity index (χ4n) is 6.24. The molecule has 0 spiro atoms. The van der Waals surface area contributed by atoms with Crippen LogP contribution in [0.3, 0.4) is 0 Å². The monoisotopic (exact) mass is 547 g/mol. The van der Waals surface area contributed by atoms with E-state index in [0.29, 0.717) is 11.1 Å². The summed E-state index contributed by atoms with van der Waals surface area (Å²) in [4.78, 5) is 25.9. The molecular weight excluding hydrogens is 522 g/mol. The van der Waals surface area contributed by atoms with E-state index in [4.69, 9.17) is 0 Å². The highest BCUT2D eigenvalue weighted by atomic mass is 16.5. The van der Waals surface area contributed by atoms with Crippen LogP contribution < -0.4 is 5.48 Å². The third-order valence-corrected chi connectivity index (χ3v) is 7.87. The lowest BCUT2D eigenvalue weighted by Crippen LogP contribution is -2.35. The molecule has 2 aliphatic rings. The van der Waals surface area contributed by atoms with Crippen molar-refractivity contribution in [2.45, 2.75) is 44.2 Å². The molecule has 0 amide bonds. The molecule has 2 unspecified atom stereocenters. The summed E-state index contributed by atoms with van der Waals surface area (Å²) in [5.74, 6) is -5.21. The van der Waals surface area contributed by atoms with Crippen molar-refractivity contribution >= 4 is 33.1 Å². The van der Waals surface area contributed by atoms with E-state index < -0.39 is 68.8 Å². The molecule has 4 aromatic rings. The van der Waals surface area contributed by atoms with E-state index in [2.05, 4.69) is 5.48 Å². The average molecular weight is 548 g/mol. The van der Waals surface area contributed by atoms with Gasteiger partial charge in [0, 0.05) is 47.2 Å². The number of Topliss-reactive ketones (excluding diaryl/α,β-unsaturated/α-hetero) is 2. The highest BCUT2D eigenvalue weighted by molar-refractivity contribution is 6.19. The lowest BCUT2D eigenvalue weighted by molar-refractivity contribution is 0.0409. The Kier molecular flexibility index (Phi) is 5.43. The number of nitrogens with one attached hydrogen (secondary N) is 1. The molecule has 206 valence electrons. The maximum Gasteiger partial charge on any atom is 0.169 e. The van der Waals surface area contributed by atoms with Crippen molar-refractivity contribution in [3.63, 3.8) is 0 Å². The standard InChI is InChI=1S/C29H25NO10/c1-29(39)8-13-3-12-6-17(33)26(36)24(22(12)28(38)20(13)18(34)9-29)23-21-11(5-16(32)25(23)35)2-10-4-14(30-40)7-15(31)19(10)27(21)37/h2-3,5-6,14,30,32-33,35-40H,4,7-9H2,1H3. The highest BCUT2D eigenvalue weighted by Crippen LogP contribution is 2.56. The second-order valence-corrected chi connectivity index (χ2v) is 10.9. The van der Waals surface area contributed by atoms with E-state index >= 15 is 0 Å². The fraction of sp³-hybridized carbons (Fsp3) is 0.241. The summed E-state index contributed by atoms with van der Waals surface area (Å²) in [5, 5.41) is 86.1. The minimum Gasteiger partial charge on any atom is -0.507 e. The summed E-state index contributed by atoms with van der Waals surface area (Å²) >= 11 is 0. The average Bonchev–Trinajstić information content (AvgIpc) is 2.85. The largest absolute Gasteiger partial charge is 0.507 e. The van der Waals surface area contributed by atoms with E-state index in [9.17, 15) is 50.5 Å². The normalized spacial score (nSPS) is 20.6. The number of hydroxylamine groups is 1. The molecule has 11 nitrogen and oxygen atoms in total. The molecule has 0 fully saturated rings. The Hall–Kier alpha value is -4.58. The number of fused-ring (bicyclic) bond motifs is 4. The molecule has 2 atom stereocenters. The zero-order valence-corrected chi connectivity index (χ0v) is 21.1. The van der Waals surface area contributed by atoms with Gasteiger partial charge in [-0.25, -0.2) is 5.48 Å². The molecule has 4 aromatic carbocycles. The Morgan fingerprint density at radius 3 is 1.70 bits per heavy atom. The Balaban J connectivity index is 1.77. The van der Waals surface area contributed by atoms with Gasteiger partial charge in [-0.1, -0.05) is 0 Å². The molecule has 11 heteroatoms. The van der Waals surface area contributed by atoms with E-state index in [0.717, 1.165) is 12.1 Å². The molecule has 0 radical (unpaired) electrons. The molecule has 0 aliphatic heterocycles. The van der Waals surface area contributed by atoms with Gasteiger partial charge in [0.15, 0.2) is 34.6 Å². The van der Waals surface area contributed by atoms with Crippen LogP contribution in [0.15, 0.2) is 24.3 Å². The third-order valence-electron chi connectivity index (χ3n) is 7.87. The van der Waals surface area contributed by atoms with Crippen molar-refractivity contribution in [2.75, 3.05) is 0 Å². The van der Waals surface area contributed by atoms with Crippen molar-refractivity contribution in [1.82, 2.24) is 5.48 Å². The number of rotatable bonds is 2. The molecule has 6 rings (SSSR count). The van der Waals surface area contributed by atoms with E-state index in [1.54, 1.807) is 0 Å². The minimum absolute atomic E-state index is 0.0214. The van der Waals surface area contributed by atoms with Gasteiger partial charge < -0.3 is 41.0 Å². The van der Waals surface area contributed by atoms with Crippen LogP contribution in [0.4, 0.5) is 0 Å². The number of aromatic hydroxyl groups is 6. The second-order valence-electron chi connectivity index (χ2n) is 10.9. The SMILES string of the molecule is CC1(O)CC(=O)c2c(cc3cc(O)c(O)c(-c4c(O)c(O)cc5cc6c(c(O)c45)C(=O)CC(NO)C6)c3c2O)C1. The molecule has 0 saturated heterocycles. The molecule has 2 aliphatic carbocycles. The highest BCUT2D eigenvalue weighted by Gasteiger charge is 2.37. The van der Waals surface area contributed by atoms with Gasteiger partial charge in [-0.05, 0) is 59.5 Å². The Morgan fingerprint density at radius 2 is 1.18 bits per heavy atom. The van der Waals surface area contributed by atoms with Crippen LogP contribution in [0.2, 0.25) is 0 Å². The first-order valence-corrected chi connectivity index (χ1v) is 12.5. The van der Waals surface area contributed by atoms with E-state index in [-0.39, 0.29) is 58.4 Å². The van der Waals surface area contributed by atoms with Gasteiger partial charge in [0.05, 0.1) is 16.7 Å². The van der Waals surface area contributed by atoms with Crippen molar-refractivity contribution in [3.8, 4) is 45.6 Å². The van der Waals surface area contributed by atoms with Crippen molar-refractivity contribution < 1.29 is 50.5 Å². The summed E-state index contributed by atoms with van der Waals surface area (Å²) in [6, 6.07) is 4.63. The van der Waals surface area contributed by atoms with Gasteiger partial charge in [0.25, 0.3) is 0 Å². The number of ketones is 2. The Labute approximate surface area is 225 Å². The number of carbonyl (C=O) groups excluding carboxylic acids is 2. The van der Waals surface area contributed by atoms with Crippen LogP contribution in [0, 0.1) is 0 Å². The molecule has 0 aromatic heterocycles. The molecule has 0 bridgehead atoms. The molecular formula is C29H25NO10. The summed E-state index contributed by atoms with van der Waals surface area (Å²) < 4.78 is 0. The fourth-order valence-corrected chi connectivity index (χ4v) is 6.24. The van der Waals surface area contributed by atoms with E-state index in [1.165, 1.54) is 19.1 Å². The summed E-state index contributed by atoms with van der Waals surface area (Å²) in [5.41, 5.74) is 0.386. The smallest absolute Gasteiger partial charge is 0.169 e. The Morgan fingerprint density at radius 1 is 0.675 bits per heavy atom. The van der Waals surface area contributed by atoms with Gasteiger partial charge in [-0.15, -0.1) is 0 Å². The Bertz CT molecular complexity index is 1820. The van der Waals surface area contributed by atoms with Crippen LogP contribution in [0.25, 0.3) is 32.7 Å². The maximum atomic E-state index is 13.0. The number of phenolic OH excluding ortho intramolecular Hbond substituents is 6. The second kappa shape index (κ2) is 8.46. The van der Waals surface area contributed by atoms with Crippen LogP contribution in [0.1, 0.15) is 51.6 Å². The first-order valence-electron chi connectivity index (χ1n) is 12.5. The van der Waals surface area contributed by atoms with Gasteiger partial charge in [0.1, 0.15) is 11.5 Å². The van der Waals surface area contributed by atoms with Crippen LogP contribution in [-0.2, 0) is 12.8 Å². The van der Waals surface area contributed by atoms with Gasteiger partial charge in [-0.2, -0.15) is 0 Å². The quantitative estimate of drug-likeness (QED) is 0.131.